The van der Waals surface area contributed by atoms with E-state index in [0.717, 1.165) is 5.01 Å². The van der Waals surface area contributed by atoms with Gasteiger partial charge < -0.3 is 0 Å². The maximum atomic E-state index is 5.31. The van der Waals surface area contributed by atoms with Crippen LogP contribution >= 0.6 is 34.9 Å². The molecule has 0 saturated heterocycles. The molecular weight excluding hydrogens is 435 g/mol. The van der Waals surface area contributed by atoms with E-state index in [-0.39, 0.29) is 9.49 Å². The third kappa shape index (κ3) is 2.23. The first-order valence-electron chi connectivity index (χ1n) is 10.5. The molecule has 0 saturated carbocycles. The SMILES string of the molecule is C[C@@]12Sc3ccccc3C1=c1nc(-c3ccccc3)sc1=C1c3ccccc3S[C@]12C. The van der Waals surface area contributed by atoms with Crippen molar-refractivity contribution in [3.8, 4) is 10.6 Å². The second-order valence-electron chi connectivity index (χ2n) is 8.58. The van der Waals surface area contributed by atoms with Gasteiger partial charge in [-0.05, 0) is 42.7 Å². The highest BCUT2D eigenvalue weighted by Gasteiger charge is 2.60. The third-order valence-electron chi connectivity index (χ3n) is 6.92. The van der Waals surface area contributed by atoms with Crippen molar-refractivity contribution in [2.45, 2.75) is 33.1 Å². The Labute approximate surface area is 194 Å². The highest BCUT2D eigenvalue weighted by atomic mass is 32.2. The molecule has 4 aromatic rings. The summed E-state index contributed by atoms with van der Waals surface area (Å²) in [5, 5.41) is 2.30. The van der Waals surface area contributed by atoms with E-state index in [9.17, 15) is 0 Å². The number of fused-ring (bicyclic) bond motifs is 8. The number of benzene rings is 3. The van der Waals surface area contributed by atoms with Crippen LogP contribution in [0.3, 0.4) is 0 Å². The lowest BCUT2D eigenvalue weighted by molar-refractivity contribution is 0.686. The Morgan fingerprint density at radius 1 is 0.645 bits per heavy atom. The van der Waals surface area contributed by atoms with Crippen molar-refractivity contribution in [1.29, 1.82) is 0 Å². The molecule has 1 aromatic heterocycles. The molecule has 31 heavy (non-hydrogen) atoms. The van der Waals surface area contributed by atoms with Gasteiger partial charge in [-0.1, -0.05) is 66.7 Å². The fraction of sp³-hybridized carbons (Fsp3) is 0.148. The van der Waals surface area contributed by atoms with Crippen molar-refractivity contribution in [1.82, 2.24) is 4.98 Å². The van der Waals surface area contributed by atoms with Gasteiger partial charge in [-0.3, -0.25) is 0 Å². The largest absolute Gasteiger partial charge is 0.236 e. The van der Waals surface area contributed by atoms with Gasteiger partial charge in [0.1, 0.15) is 5.01 Å². The molecule has 2 atom stereocenters. The molecule has 0 fully saturated rings. The normalized spacial score (nSPS) is 25.0. The first-order chi connectivity index (χ1) is 15.1. The maximum Gasteiger partial charge on any atom is 0.124 e. The zero-order chi connectivity index (χ0) is 20.8. The van der Waals surface area contributed by atoms with Crippen LogP contribution in [0.5, 0.6) is 0 Å². The topological polar surface area (TPSA) is 12.9 Å². The van der Waals surface area contributed by atoms with Crippen LogP contribution in [0.1, 0.15) is 25.0 Å². The first-order valence-corrected chi connectivity index (χ1v) is 12.9. The Balaban J connectivity index is 1.69. The molecule has 0 radical (unpaired) electrons. The van der Waals surface area contributed by atoms with Gasteiger partial charge in [-0.15, -0.1) is 34.9 Å². The van der Waals surface area contributed by atoms with Crippen LogP contribution in [-0.4, -0.2) is 14.5 Å². The van der Waals surface area contributed by atoms with Crippen LogP contribution in [0.25, 0.3) is 21.7 Å². The lowest BCUT2D eigenvalue weighted by Crippen LogP contribution is -2.53. The molecule has 2 aliphatic heterocycles. The summed E-state index contributed by atoms with van der Waals surface area (Å²) in [6, 6.07) is 28.4. The van der Waals surface area contributed by atoms with Crippen LogP contribution in [0.4, 0.5) is 0 Å². The number of thioether (sulfide) groups is 2. The Morgan fingerprint density at radius 3 is 1.87 bits per heavy atom. The van der Waals surface area contributed by atoms with E-state index >= 15 is 0 Å². The summed E-state index contributed by atoms with van der Waals surface area (Å²) in [4.78, 5) is 8.07. The minimum atomic E-state index is -0.0786. The van der Waals surface area contributed by atoms with E-state index in [0.29, 0.717) is 0 Å². The van der Waals surface area contributed by atoms with Crippen LogP contribution in [0.2, 0.25) is 0 Å². The smallest absolute Gasteiger partial charge is 0.124 e. The Morgan fingerprint density at radius 2 is 1.19 bits per heavy atom. The molecule has 150 valence electrons. The molecule has 1 aliphatic carbocycles. The predicted octanol–water partition coefficient (Wildman–Crippen LogP) is 5.95. The van der Waals surface area contributed by atoms with Crippen molar-refractivity contribution < 1.29 is 0 Å². The van der Waals surface area contributed by atoms with E-state index in [1.165, 1.54) is 47.5 Å². The van der Waals surface area contributed by atoms with E-state index in [4.69, 9.17) is 4.98 Å². The van der Waals surface area contributed by atoms with E-state index in [1.807, 2.05) is 34.9 Å². The second kappa shape index (κ2) is 6.16. The molecular formula is C27H19NS3. The van der Waals surface area contributed by atoms with Gasteiger partial charge in [0.05, 0.1) is 19.4 Å². The Bertz CT molecular complexity index is 1420. The summed E-state index contributed by atoms with van der Waals surface area (Å²) in [6.45, 7) is 4.90. The van der Waals surface area contributed by atoms with Gasteiger partial charge in [-0.25, -0.2) is 4.98 Å². The summed E-state index contributed by atoms with van der Waals surface area (Å²) in [6.07, 6.45) is 0. The average molecular weight is 454 g/mol. The minimum absolute atomic E-state index is 0.0524. The van der Waals surface area contributed by atoms with Gasteiger partial charge in [0.2, 0.25) is 0 Å². The van der Waals surface area contributed by atoms with Crippen molar-refractivity contribution >= 4 is 46.0 Å². The maximum absolute atomic E-state index is 5.31. The van der Waals surface area contributed by atoms with E-state index < -0.39 is 0 Å². The molecule has 0 amide bonds. The van der Waals surface area contributed by atoms with Crippen molar-refractivity contribution in [2.24, 2.45) is 0 Å². The molecule has 0 bridgehead atoms. The zero-order valence-electron chi connectivity index (χ0n) is 17.2. The van der Waals surface area contributed by atoms with Crippen LogP contribution in [-0.2, 0) is 0 Å². The highest BCUT2D eigenvalue weighted by Crippen LogP contribution is 2.68. The molecule has 3 aliphatic rings. The first kappa shape index (κ1) is 18.3. The lowest BCUT2D eigenvalue weighted by Gasteiger charge is -2.43. The highest BCUT2D eigenvalue weighted by molar-refractivity contribution is 8.06. The molecule has 3 aromatic carbocycles. The predicted molar refractivity (Wildman–Crippen MR) is 133 cm³/mol. The molecule has 4 heteroatoms. The van der Waals surface area contributed by atoms with E-state index in [1.54, 1.807) is 0 Å². The second-order valence-corrected chi connectivity index (χ2v) is 12.5. The quantitative estimate of drug-likeness (QED) is 0.353. The number of thiazole rings is 1. The fourth-order valence-corrected chi connectivity index (χ4v) is 9.82. The Hall–Kier alpha value is -2.27. The molecule has 3 heterocycles. The van der Waals surface area contributed by atoms with Crippen molar-refractivity contribution in [3.63, 3.8) is 0 Å². The summed E-state index contributed by atoms with van der Waals surface area (Å²) in [5.74, 6) is 0. The molecule has 0 unspecified atom stereocenters. The summed E-state index contributed by atoms with van der Waals surface area (Å²) in [7, 11) is 0. The minimum Gasteiger partial charge on any atom is -0.236 e. The van der Waals surface area contributed by atoms with E-state index in [2.05, 4.69) is 92.7 Å². The van der Waals surface area contributed by atoms with Crippen LogP contribution in [0, 0.1) is 0 Å². The number of nitrogens with zero attached hydrogens (tertiary/aromatic N) is 1. The van der Waals surface area contributed by atoms with Gasteiger partial charge in [0.15, 0.2) is 0 Å². The van der Waals surface area contributed by atoms with Gasteiger partial charge in [-0.2, -0.15) is 0 Å². The molecule has 1 nitrogen and oxygen atoms in total. The summed E-state index contributed by atoms with van der Waals surface area (Å²) >= 11 is 5.92. The number of hydrogen-bond donors (Lipinski definition) is 0. The number of hydrogen-bond acceptors (Lipinski definition) is 4. The zero-order valence-corrected chi connectivity index (χ0v) is 19.6. The lowest BCUT2D eigenvalue weighted by atomic mass is 9.75. The van der Waals surface area contributed by atoms with Crippen molar-refractivity contribution in [3.05, 3.63) is 99.9 Å². The van der Waals surface area contributed by atoms with Gasteiger partial charge >= 0.3 is 0 Å². The summed E-state index contributed by atoms with van der Waals surface area (Å²) in [5.41, 5.74) is 6.82. The van der Waals surface area contributed by atoms with Crippen molar-refractivity contribution in [2.75, 3.05) is 0 Å². The average Bonchev–Trinajstić information content (AvgIpc) is 3.43. The standard InChI is InChI=1S/C27H19NS3/c1-26-21(17-12-6-8-14-19(17)30-26)23-24(29-25(28-23)16-10-4-3-5-11-16)22-18-13-7-9-15-20(18)31-27(22,26)2/h3-15H,1-2H3/t26-,27-/m1/s1. The van der Waals surface area contributed by atoms with Gasteiger partial charge in [0, 0.05) is 20.9 Å². The van der Waals surface area contributed by atoms with Crippen LogP contribution in [0.15, 0.2) is 88.7 Å². The fourth-order valence-electron chi connectivity index (χ4n) is 5.31. The Kier molecular flexibility index (Phi) is 3.64. The number of aromatic nitrogens is 1. The molecule has 7 rings (SSSR count). The molecule has 0 N–H and O–H groups in total. The monoisotopic (exact) mass is 453 g/mol. The van der Waals surface area contributed by atoms with Crippen LogP contribution < -0.4 is 9.88 Å². The van der Waals surface area contributed by atoms with Gasteiger partial charge in [0.25, 0.3) is 0 Å². The number of rotatable bonds is 1. The molecule has 0 spiro atoms. The summed E-state index contributed by atoms with van der Waals surface area (Å²) < 4.78 is 1.22. The third-order valence-corrected chi connectivity index (χ3v) is 11.4.